The normalized spacial score (nSPS) is 26.6. The molecule has 0 bridgehead atoms. The molecule has 14 heavy (non-hydrogen) atoms. The molecule has 0 N–H and O–H groups in total. The van der Waals surface area contributed by atoms with Crippen molar-refractivity contribution >= 4 is 0 Å². The maximum Gasteiger partial charge on any atom is 0.137 e. The van der Waals surface area contributed by atoms with E-state index in [1.54, 1.807) is 5.06 Å². The lowest BCUT2D eigenvalue weighted by molar-refractivity contribution is -0.117. The van der Waals surface area contributed by atoms with Crippen molar-refractivity contribution in [3.63, 3.8) is 0 Å². The van der Waals surface area contributed by atoms with E-state index in [-0.39, 0.29) is 12.1 Å². The summed E-state index contributed by atoms with van der Waals surface area (Å²) in [5, 5.41) is 10.3. The molecule has 0 spiro atoms. The number of hydrogen-bond donors (Lipinski definition) is 0. The zero-order valence-electron chi connectivity index (χ0n) is 8.05. The molecule has 3 heteroatoms. The maximum absolute atomic E-state index is 8.59. The third-order valence-corrected chi connectivity index (χ3v) is 2.28. The third kappa shape index (κ3) is 1.92. The number of hydrogen-bond acceptors (Lipinski definition) is 3. The molecule has 0 aliphatic carbocycles. The Morgan fingerprint density at radius 1 is 1.50 bits per heavy atom. The molecule has 1 heterocycles. The van der Waals surface area contributed by atoms with Crippen LogP contribution in [0.25, 0.3) is 0 Å². The van der Waals surface area contributed by atoms with E-state index in [9.17, 15) is 0 Å². The van der Waals surface area contributed by atoms with Crippen LogP contribution in [0.5, 0.6) is 0 Å². The van der Waals surface area contributed by atoms with E-state index in [2.05, 4.69) is 6.07 Å². The summed E-state index contributed by atoms with van der Waals surface area (Å²) in [6.07, 6.45) is 0.0227. The van der Waals surface area contributed by atoms with Crippen LogP contribution in [0.1, 0.15) is 18.6 Å². The van der Waals surface area contributed by atoms with Gasteiger partial charge in [0.2, 0.25) is 0 Å². The van der Waals surface area contributed by atoms with Crippen molar-refractivity contribution in [2.45, 2.75) is 19.1 Å². The Bertz CT molecular complexity index is 344. The average molecular weight is 188 g/mol. The Morgan fingerprint density at radius 2 is 2.21 bits per heavy atom. The molecule has 1 aromatic rings. The Labute approximate surface area is 83.5 Å². The fraction of sp³-hybridized carbons (Fsp3) is 0.364. The van der Waals surface area contributed by atoms with Gasteiger partial charge in [0.05, 0.1) is 12.6 Å². The number of benzene rings is 1. The van der Waals surface area contributed by atoms with Gasteiger partial charge in [-0.25, -0.2) is 0 Å². The number of nitrogens with zero attached hydrogens (tertiary/aromatic N) is 2. The molecular formula is C11H12N2O. The summed E-state index contributed by atoms with van der Waals surface area (Å²) >= 11 is 0. The third-order valence-electron chi connectivity index (χ3n) is 2.28. The first kappa shape index (κ1) is 9.20. The van der Waals surface area contributed by atoms with Gasteiger partial charge >= 0.3 is 0 Å². The van der Waals surface area contributed by atoms with Gasteiger partial charge in [0.15, 0.2) is 0 Å². The summed E-state index contributed by atoms with van der Waals surface area (Å²) in [6.45, 7) is 2.72. The molecule has 72 valence electrons. The smallest absolute Gasteiger partial charge is 0.137 e. The fourth-order valence-corrected chi connectivity index (χ4v) is 1.33. The van der Waals surface area contributed by atoms with Crippen LogP contribution in [0.15, 0.2) is 30.3 Å². The van der Waals surface area contributed by atoms with Crippen LogP contribution in [0, 0.1) is 11.3 Å². The topological polar surface area (TPSA) is 36.0 Å². The van der Waals surface area contributed by atoms with Gasteiger partial charge < -0.3 is 0 Å². The summed E-state index contributed by atoms with van der Waals surface area (Å²) in [4.78, 5) is 5.56. The predicted molar refractivity (Wildman–Crippen MR) is 52.0 cm³/mol. The summed E-state index contributed by atoms with van der Waals surface area (Å²) in [7, 11) is 0. The van der Waals surface area contributed by atoms with Crippen LogP contribution in [-0.2, 0) is 4.84 Å². The summed E-state index contributed by atoms with van der Waals surface area (Å²) in [5.74, 6) is 0. The minimum atomic E-state index is -0.0406. The van der Waals surface area contributed by atoms with E-state index in [0.29, 0.717) is 0 Å². The van der Waals surface area contributed by atoms with Gasteiger partial charge in [-0.1, -0.05) is 30.3 Å². The first-order valence-electron chi connectivity index (χ1n) is 4.69. The van der Waals surface area contributed by atoms with Gasteiger partial charge in [-0.15, -0.1) is 0 Å². The predicted octanol–water partition coefficient (Wildman–Crippen LogP) is 1.89. The second-order valence-electron chi connectivity index (χ2n) is 3.40. The van der Waals surface area contributed by atoms with Crippen molar-refractivity contribution in [3.8, 4) is 6.07 Å². The zero-order valence-corrected chi connectivity index (χ0v) is 8.05. The van der Waals surface area contributed by atoms with Crippen LogP contribution in [0.3, 0.4) is 0 Å². The minimum Gasteiger partial charge on any atom is -0.290 e. The standard InChI is InChI=1S/C11H12N2O/c1-9(10-5-3-2-4-6-10)14-13-8-11(13)7-12/h2-6,9,11H,8H2,1H3. The monoisotopic (exact) mass is 188 g/mol. The lowest BCUT2D eigenvalue weighted by Crippen LogP contribution is -2.07. The van der Waals surface area contributed by atoms with Gasteiger partial charge in [0.1, 0.15) is 12.1 Å². The van der Waals surface area contributed by atoms with Gasteiger partial charge in [-0.2, -0.15) is 10.3 Å². The number of nitriles is 1. The van der Waals surface area contributed by atoms with E-state index < -0.39 is 0 Å². The molecule has 3 unspecified atom stereocenters. The second kappa shape index (κ2) is 3.79. The number of hydroxylamine groups is 2. The average Bonchev–Trinajstić information content (AvgIpc) is 2.98. The van der Waals surface area contributed by atoms with Crippen LogP contribution >= 0.6 is 0 Å². The molecule has 1 fully saturated rings. The van der Waals surface area contributed by atoms with Crippen molar-refractivity contribution in [1.82, 2.24) is 5.06 Å². The van der Waals surface area contributed by atoms with Crippen molar-refractivity contribution in [1.29, 1.82) is 5.26 Å². The highest BCUT2D eigenvalue weighted by Gasteiger charge is 2.36. The van der Waals surface area contributed by atoms with Crippen molar-refractivity contribution in [2.75, 3.05) is 6.54 Å². The largest absolute Gasteiger partial charge is 0.290 e. The van der Waals surface area contributed by atoms with Crippen LogP contribution in [0.4, 0.5) is 0 Å². The van der Waals surface area contributed by atoms with Crippen LogP contribution in [0.2, 0.25) is 0 Å². The quantitative estimate of drug-likeness (QED) is 0.679. The van der Waals surface area contributed by atoms with Gasteiger partial charge in [-0.3, -0.25) is 4.84 Å². The summed E-state index contributed by atoms with van der Waals surface area (Å²) < 4.78 is 0. The van der Waals surface area contributed by atoms with Crippen molar-refractivity contribution < 1.29 is 4.84 Å². The number of rotatable bonds is 3. The molecule has 0 radical (unpaired) electrons. The molecule has 0 amide bonds. The Hall–Kier alpha value is -1.37. The molecule has 3 nitrogen and oxygen atoms in total. The molecule has 2 rings (SSSR count). The molecular weight excluding hydrogens is 176 g/mol. The van der Waals surface area contributed by atoms with Crippen LogP contribution < -0.4 is 0 Å². The first-order chi connectivity index (χ1) is 6.81. The molecule has 1 aromatic carbocycles. The van der Waals surface area contributed by atoms with Gasteiger partial charge in [0.25, 0.3) is 0 Å². The minimum absolute atomic E-state index is 0.0227. The molecule has 1 aliphatic rings. The van der Waals surface area contributed by atoms with E-state index in [4.69, 9.17) is 10.1 Å². The fourth-order valence-electron chi connectivity index (χ4n) is 1.33. The van der Waals surface area contributed by atoms with Crippen molar-refractivity contribution in [3.05, 3.63) is 35.9 Å². The highest BCUT2D eigenvalue weighted by molar-refractivity contribution is 5.17. The van der Waals surface area contributed by atoms with E-state index in [1.807, 2.05) is 37.3 Å². The van der Waals surface area contributed by atoms with E-state index in [0.717, 1.165) is 12.1 Å². The SMILES string of the molecule is CC(ON1CC1C#N)c1ccccc1. The van der Waals surface area contributed by atoms with Crippen LogP contribution in [-0.4, -0.2) is 17.6 Å². The van der Waals surface area contributed by atoms with Crippen molar-refractivity contribution in [2.24, 2.45) is 0 Å². The highest BCUT2D eigenvalue weighted by Crippen LogP contribution is 2.25. The molecule has 1 aliphatic heterocycles. The molecule has 0 saturated carbocycles. The maximum atomic E-state index is 8.59. The highest BCUT2D eigenvalue weighted by atomic mass is 16.7. The first-order valence-corrected chi connectivity index (χ1v) is 4.69. The molecule has 3 atom stereocenters. The summed E-state index contributed by atoms with van der Waals surface area (Å²) in [5.41, 5.74) is 1.14. The summed E-state index contributed by atoms with van der Waals surface area (Å²) in [6, 6.07) is 12.1. The Balaban J connectivity index is 1.92. The molecule has 0 aromatic heterocycles. The van der Waals surface area contributed by atoms with E-state index in [1.165, 1.54) is 0 Å². The van der Waals surface area contributed by atoms with Gasteiger partial charge in [-0.05, 0) is 12.5 Å². The second-order valence-corrected chi connectivity index (χ2v) is 3.40. The lowest BCUT2D eigenvalue weighted by atomic mass is 10.1. The Morgan fingerprint density at radius 3 is 2.79 bits per heavy atom. The van der Waals surface area contributed by atoms with Gasteiger partial charge in [0, 0.05) is 0 Å². The molecule has 1 saturated heterocycles. The zero-order chi connectivity index (χ0) is 9.97. The van der Waals surface area contributed by atoms with E-state index >= 15 is 0 Å². The lowest BCUT2D eigenvalue weighted by Gasteiger charge is -2.12. The Kier molecular flexibility index (Phi) is 2.49.